The first kappa shape index (κ1) is 96.3. The van der Waals surface area contributed by atoms with Gasteiger partial charge >= 0.3 is 41.1 Å². The number of carbonyl (C=O) groups excluding carboxylic acids is 4. The number of esters is 4. The van der Waals surface area contributed by atoms with Crippen molar-refractivity contribution in [1.82, 2.24) is 0 Å². The predicted octanol–water partition coefficient (Wildman–Crippen LogP) is 23.0. The van der Waals surface area contributed by atoms with Crippen LogP contribution in [-0.2, 0) is 129 Å². The molecule has 0 aliphatic carbocycles. The lowest BCUT2D eigenvalue weighted by Gasteiger charge is -2.63. The van der Waals surface area contributed by atoms with Gasteiger partial charge in [-0.25, -0.2) is 0 Å². The van der Waals surface area contributed by atoms with E-state index >= 15 is 0 Å². The second kappa shape index (κ2) is 34.8. The third kappa shape index (κ3) is 21.0. The smallest absolute Gasteiger partial charge is 0.391 e. The summed E-state index contributed by atoms with van der Waals surface area (Å²) in [6, 6.07) is 27.7. The fraction of sp³-hybridized carbons (Fsp3) is 0.592. The fourth-order valence-electron chi connectivity index (χ4n) is 17.5. The summed E-state index contributed by atoms with van der Waals surface area (Å²) in [6.45, 7) is 74.9. The van der Waals surface area contributed by atoms with Crippen LogP contribution in [0.3, 0.4) is 0 Å². The van der Waals surface area contributed by atoms with Crippen LogP contribution in [0.1, 0.15) is 369 Å². The summed E-state index contributed by atoms with van der Waals surface area (Å²) < 4.78 is 34.9. The third-order valence-corrected chi connectivity index (χ3v) is 23.7. The van der Waals surface area contributed by atoms with Crippen molar-refractivity contribution in [2.24, 2.45) is 0 Å². The zero-order valence-corrected chi connectivity index (χ0v) is 78.7. The molecule has 4 N–H and O–H groups in total. The van der Waals surface area contributed by atoms with Crippen molar-refractivity contribution in [1.29, 1.82) is 0 Å². The topological polar surface area (TPSA) is 205 Å². The van der Waals surface area contributed by atoms with Crippen LogP contribution in [-0.4, -0.2) is 71.9 Å². The van der Waals surface area contributed by atoms with Crippen LogP contribution in [0.4, 0.5) is 0 Å². The van der Waals surface area contributed by atoms with E-state index in [0.717, 1.165) is 111 Å². The molecular weight excluding hydrogens is 1460 g/mol. The number of hydrogen-bond donors (Lipinski definition) is 4. The molecule has 0 saturated carbocycles. The Morgan fingerprint density at radius 1 is 0.298 bits per heavy atom. The van der Waals surface area contributed by atoms with Gasteiger partial charge in [-0.3, -0.25) is 19.2 Å². The number of benzene rings is 6. The van der Waals surface area contributed by atoms with Crippen molar-refractivity contribution in [2.45, 2.75) is 351 Å². The minimum atomic E-state index is -3.01. The molecule has 6 aromatic carbocycles. The highest BCUT2D eigenvalue weighted by Gasteiger charge is 2.67. The van der Waals surface area contributed by atoms with Crippen LogP contribution in [0.25, 0.3) is 0 Å². The standard InChI is InChI=1S/C98H144O14P2/c1-58-46-77(111-113(103)104)67(87(4,5)6)56-65(58)98(66-57-68(88(7,8)9)78(47-59(66)2)112-114(105)106,86-75(95(28,29)30)54-64(41-45-82(102)110-37)55-76(86)96(31,32)33)97(84-71(91(16,17)18)50-62(39-43-80(100)108-35)51-72(84)92(19,20)21,85-73(93(22,23)24)52-63(40-44-81(101)109-36)53-74(85)94(25,26)27)60(3)83-69(89(10,11)12)48-61(38-42-79(99)107-34)49-70(83)90(13,14)15/h46-57,60,103-106H,38-45H2,1-37H3. The lowest BCUT2D eigenvalue weighted by molar-refractivity contribution is -0.141. The number of ether oxygens (including phenoxy) is 4. The molecule has 0 amide bonds. The number of hydrogen-bond acceptors (Lipinski definition) is 14. The molecule has 0 fully saturated rings. The van der Waals surface area contributed by atoms with Gasteiger partial charge < -0.3 is 47.6 Å². The van der Waals surface area contributed by atoms with E-state index in [0.29, 0.717) is 48.3 Å². The van der Waals surface area contributed by atoms with Crippen LogP contribution in [0, 0.1) is 13.8 Å². The maximum atomic E-state index is 13.9. The van der Waals surface area contributed by atoms with Gasteiger partial charge in [0, 0.05) is 42.2 Å². The molecule has 1 unspecified atom stereocenters. The summed E-state index contributed by atoms with van der Waals surface area (Å²) in [7, 11) is -0.270. The Kier molecular flexibility index (Phi) is 29.4. The van der Waals surface area contributed by atoms with E-state index in [1.54, 1.807) is 0 Å². The van der Waals surface area contributed by atoms with Gasteiger partial charge in [-0.15, -0.1) is 0 Å². The molecule has 0 heterocycles. The van der Waals surface area contributed by atoms with E-state index < -0.39 is 88.1 Å². The number of carbonyl (C=O) groups is 4. The van der Waals surface area contributed by atoms with Gasteiger partial charge in [-0.2, -0.15) is 0 Å². The van der Waals surface area contributed by atoms with Gasteiger partial charge in [-0.05, 0) is 223 Å². The molecule has 16 heteroatoms. The van der Waals surface area contributed by atoms with E-state index in [-0.39, 0.29) is 49.6 Å². The predicted molar refractivity (Wildman–Crippen MR) is 470 cm³/mol. The molecule has 1 atom stereocenters. The Balaban J connectivity index is 2.68. The normalized spacial score (nSPS) is 13.7. The Morgan fingerprint density at radius 3 is 0.693 bits per heavy atom. The Labute approximate surface area is 689 Å². The van der Waals surface area contributed by atoms with Crippen molar-refractivity contribution >= 4 is 41.1 Å². The van der Waals surface area contributed by atoms with Gasteiger partial charge in [0.1, 0.15) is 11.5 Å². The summed E-state index contributed by atoms with van der Waals surface area (Å²) in [6.07, 6.45) is 1.83. The zero-order valence-electron chi connectivity index (χ0n) is 76.9. The van der Waals surface area contributed by atoms with Crippen molar-refractivity contribution in [3.8, 4) is 11.5 Å². The summed E-state index contributed by atoms with van der Waals surface area (Å²) in [5.41, 5.74) is 9.31. The zero-order chi connectivity index (χ0) is 87.3. The summed E-state index contributed by atoms with van der Waals surface area (Å²) >= 11 is 0. The van der Waals surface area contributed by atoms with E-state index in [9.17, 15) is 38.8 Å². The van der Waals surface area contributed by atoms with Gasteiger partial charge in [0.05, 0.1) is 33.9 Å². The van der Waals surface area contributed by atoms with Crippen LogP contribution in [0.15, 0.2) is 72.8 Å². The molecule has 0 bridgehead atoms. The first-order valence-electron chi connectivity index (χ1n) is 40.8. The molecule has 630 valence electrons. The molecule has 0 aromatic heterocycles. The van der Waals surface area contributed by atoms with E-state index in [1.165, 1.54) is 28.4 Å². The van der Waals surface area contributed by atoms with Crippen LogP contribution >= 0.6 is 17.2 Å². The monoisotopic (exact) mass is 1610 g/mol. The van der Waals surface area contributed by atoms with Gasteiger partial charge in [0.25, 0.3) is 0 Å². The largest absolute Gasteiger partial charge is 0.469 e. The van der Waals surface area contributed by atoms with Crippen molar-refractivity contribution in [2.75, 3.05) is 28.4 Å². The summed E-state index contributed by atoms with van der Waals surface area (Å²) in [5.74, 6) is -1.55. The fourth-order valence-corrected chi connectivity index (χ4v) is 18.1. The maximum Gasteiger partial charge on any atom is 0.391 e. The molecule has 6 aromatic rings. The third-order valence-electron chi connectivity index (χ3n) is 23.0. The Morgan fingerprint density at radius 2 is 0.500 bits per heavy atom. The van der Waals surface area contributed by atoms with Gasteiger partial charge in [-0.1, -0.05) is 275 Å². The van der Waals surface area contributed by atoms with Crippen molar-refractivity contribution in [3.63, 3.8) is 0 Å². The first-order chi connectivity index (χ1) is 51.7. The second-order valence-corrected chi connectivity index (χ2v) is 43.8. The first-order valence-corrected chi connectivity index (χ1v) is 43.1. The molecular formula is C98H144O14P2. The molecule has 14 nitrogen and oxygen atoms in total. The SMILES string of the molecule is COC(=O)CCc1cc(C(C)(C)C)c(C(C)C(c2c(C(C)(C)C)cc(CCC(=O)OC)cc2C(C)(C)C)(c2c(C(C)(C)C)cc(CCC(=O)OC)cc2C(C)(C)C)C(c2cc(C(C)(C)C)c(OP(O)O)cc2C)(c2cc(C(C)(C)C)c(OP(O)O)cc2C)c2c(C(C)(C)C)cc(CCC(=O)OC)cc2C(C)(C)C)c(C(C)(C)C)c1. The van der Waals surface area contributed by atoms with E-state index in [2.05, 4.69) is 289 Å². The number of rotatable bonds is 24. The van der Waals surface area contributed by atoms with E-state index in [4.69, 9.17) is 28.0 Å². The molecule has 0 spiro atoms. The van der Waals surface area contributed by atoms with Gasteiger partial charge in [0.2, 0.25) is 0 Å². The molecule has 0 aliphatic rings. The number of methoxy groups -OCH3 is 4. The molecule has 114 heavy (non-hydrogen) atoms. The highest BCUT2D eigenvalue weighted by Crippen LogP contribution is 2.72. The Hall–Kier alpha value is -6.50. The van der Waals surface area contributed by atoms with Crippen LogP contribution in [0.2, 0.25) is 0 Å². The highest BCUT2D eigenvalue weighted by atomic mass is 31.2. The lowest BCUT2D eigenvalue weighted by atomic mass is 9.38. The van der Waals surface area contributed by atoms with Crippen molar-refractivity contribution in [3.05, 3.63) is 195 Å². The summed E-state index contributed by atoms with van der Waals surface area (Å²) in [4.78, 5) is 101. The van der Waals surface area contributed by atoms with Crippen molar-refractivity contribution < 1.29 is 66.7 Å². The second-order valence-electron chi connectivity index (χ2n) is 42.4. The summed E-state index contributed by atoms with van der Waals surface area (Å²) in [5, 5.41) is 0. The van der Waals surface area contributed by atoms with Crippen LogP contribution < -0.4 is 9.05 Å². The van der Waals surface area contributed by atoms with Crippen LogP contribution in [0.5, 0.6) is 11.5 Å². The highest BCUT2D eigenvalue weighted by molar-refractivity contribution is 7.40. The minimum Gasteiger partial charge on any atom is -0.469 e. The Bertz CT molecular complexity index is 4180. The lowest BCUT2D eigenvalue weighted by Crippen LogP contribution is -2.60. The number of aryl methyl sites for hydroxylation is 6. The average Bonchev–Trinajstić information content (AvgIpc) is 0.648. The minimum absolute atomic E-state index is 0.0931. The average molecular weight is 1610 g/mol. The van der Waals surface area contributed by atoms with Gasteiger partial charge in [0.15, 0.2) is 0 Å². The molecule has 0 aliphatic heterocycles. The maximum absolute atomic E-state index is 13.9. The molecule has 0 radical (unpaired) electrons. The van der Waals surface area contributed by atoms with E-state index in [1.807, 2.05) is 12.1 Å². The molecule has 6 rings (SSSR count). The molecule has 0 saturated heterocycles. The quantitative estimate of drug-likeness (QED) is 0.0193.